The number of rotatable bonds is 3. The molecule has 4 heteroatoms. The molecule has 0 aromatic carbocycles. The molecule has 0 bridgehead atoms. The van der Waals surface area contributed by atoms with E-state index in [0.29, 0.717) is 17.9 Å². The molecule has 0 saturated carbocycles. The molecular formula is C13H23NO3. The van der Waals surface area contributed by atoms with Gasteiger partial charge in [-0.05, 0) is 25.2 Å². The number of aliphatic hydroxyl groups is 1. The fraction of sp³-hybridized carbons (Fsp3) is 0.769. The van der Waals surface area contributed by atoms with E-state index in [2.05, 4.69) is 5.32 Å². The first-order valence-electron chi connectivity index (χ1n) is 6.11. The molecule has 1 atom stereocenters. The molecule has 1 heterocycles. The monoisotopic (exact) mass is 241 g/mol. The van der Waals surface area contributed by atoms with Crippen LogP contribution >= 0.6 is 0 Å². The summed E-state index contributed by atoms with van der Waals surface area (Å²) in [4.78, 5) is 11.9. The third-order valence-corrected chi connectivity index (χ3v) is 3.04. The first-order chi connectivity index (χ1) is 7.82. The lowest BCUT2D eigenvalue weighted by Crippen LogP contribution is -2.40. The van der Waals surface area contributed by atoms with Gasteiger partial charge in [0.2, 0.25) is 0 Å². The molecule has 17 heavy (non-hydrogen) atoms. The van der Waals surface area contributed by atoms with Gasteiger partial charge in [-0.1, -0.05) is 20.8 Å². The van der Waals surface area contributed by atoms with Gasteiger partial charge in [-0.3, -0.25) is 4.79 Å². The SMILES string of the molecule is CC1=C(C(=O)NCC(O)C(C)(C)C)CCCO1. The van der Waals surface area contributed by atoms with Crippen molar-refractivity contribution in [3.05, 3.63) is 11.3 Å². The number of carbonyl (C=O) groups excluding carboxylic acids is 1. The Kier molecular flexibility index (Phi) is 4.57. The minimum absolute atomic E-state index is 0.120. The van der Waals surface area contributed by atoms with Crippen molar-refractivity contribution in [2.75, 3.05) is 13.2 Å². The van der Waals surface area contributed by atoms with Crippen molar-refractivity contribution in [3.63, 3.8) is 0 Å². The highest BCUT2D eigenvalue weighted by molar-refractivity contribution is 5.93. The van der Waals surface area contributed by atoms with E-state index in [1.807, 2.05) is 27.7 Å². The fourth-order valence-corrected chi connectivity index (χ4v) is 1.61. The van der Waals surface area contributed by atoms with Crippen LogP contribution in [0.15, 0.2) is 11.3 Å². The molecule has 1 rings (SSSR count). The normalized spacial score (nSPS) is 18.6. The summed E-state index contributed by atoms with van der Waals surface area (Å²) in [6.45, 7) is 8.61. The Labute approximate surface area is 103 Å². The summed E-state index contributed by atoms with van der Waals surface area (Å²) in [5, 5.41) is 12.6. The number of ether oxygens (including phenoxy) is 1. The van der Waals surface area contributed by atoms with E-state index in [0.717, 1.165) is 12.8 Å². The van der Waals surface area contributed by atoms with Gasteiger partial charge in [0, 0.05) is 6.54 Å². The summed E-state index contributed by atoms with van der Waals surface area (Å²) in [6, 6.07) is 0. The van der Waals surface area contributed by atoms with Crippen LogP contribution in [0.3, 0.4) is 0 Å². The van der Waals surface area contributed by atoms with Crippen LogP contribution in [-0.4, -0.2) is 30.3 Å². The Bertz CT molecular complexity index is 315. The Morgan fingerprint density at radius 2 is 2.18 bits per heavy atom. The van der Waals surface area contributed by atoms with Crippen molar-refractivity contribution in [2.45, 2.75) is 46.6 Å². The average Bonchev–Trinajstić information content (AvgIpc) is 2.24. The highest BCUT2D eigenvalue weighted by Gasteiger charge is 2.24. The molecule has 1 aliphatic rings. The molecule has 2 N–H and O–H groups in total. The molecule has 0 aromatic rings. The summed E-state index contributed by atoms with van der Waals surface area (Å²) in [7, 11) is 0. The third-order valence-electron chi connectivity index (χ3n) is 3.04. The molecule has 0 saturated heterocycles. The maximum Gasteiger partial charge on any atom is 0.250 e. The van der Waals surface area contributed by atoms with E-state index in [1.54, 1.807) is 0 Å². The summed E-state index contributed by atoms with van der Waals surface area (Å²) in [6.07, 6.45) is 1.09. The van der Waals surface area contributed by atoms with E-state index < -0.39 is 6.10 Å². The maximum atomic E-state index is 11.9. The lowest BCUT2D eigenvalue weighted by Gasteiger charge is -2.26. The largest absolute Gasteiger partial charge is 0.498 e. The summed E-state index contributed by atoms with van der Waals surface area (Å²) < 4.78 is 5.34. The van der Waals surface area contributed by atoms with Gasteiger partial charge in [0.25, 0.3) is 5.91 Å². The Hall–Kier alpha value is -1.03. The van der Waals surface area contributed by atoms with Crippen LogP contribution in [0.1, 0.15) is 40.5 Å². The molecule has 0 fully saturated rings. The van der Waals surface area contributed by atoms with Crippen LogP contribution in [0.25, 0.3) is 0 Å². The van der Waals surface area contributed by atoms with Crippen LogP contribution in [0, 0.1) is 5.41 Å². The van der Waals surface area contributed by atoms with Gasteiger partial charge in [0.05, 0.1) is 18.3 Å². The molecule has 0 aliphatic carbocycles. The lowest BCUT2D eigenvalue weighted by atomic mass is 9.89. The van der Waals surface area contributed by atoms with E-state index in [4.69, 9.17) is 4.74 Å². The number of hydrogen-bond acceptors (Lipinski definition) is 3. The third kappa shape index (κ3) is 4.04. The average molecular weight is 241 g/mol. The number of hydrogen-bond donors (Lipinski definition) is 2. The van der Waals surface area contributed by atoms with Crippen LogP contribution in [0.2, 0.25) is 0 Å². The van der Waals surface area contributed by atoms with Crippen molar-refractivity contribution < 1.29 is 14.6 Å². The van der Waals surface area contributed by atoms with Crippen molar-refractivity contribution in [2.24, 2.45) is 5.41 Å². The molecule has 0 spiro atoms. The zero-order valence-corrected chi connectivity index (χ0v) is 11.2. The van der Waals surface area contributed by atoms with Gasteiger partial charge in [0.15, 0.2) is 0 Å². The number of amides is 1. The molecule has 4 nitrogen and oxygen atoms in total. The van der Waals surface area contributed by atoms with Gasteiger partial charge in [-0.25, -0.2) is 0 Å². The molecule has 1 amide bonds. The first-order valence-corrected chi connectivity index (χ1v) is 6.11. The molecule has 98 valence electrons. The summed E-state index contributed by atoms with van der Waals surface area (Å²) >= 11 is 0. The Morgan fingerprint density at radius 1 is 1.53 bits per heavy atom. The Morgan fingerprint density at radius 3 is 2.71 bits per heavy atom. The molecular weight excluding hydrogens is 218 g/mol. The van der Waals surface area contributed by atoms with Gasteiger partial charge < -0.3 is 15.2 Å². The Balaban J connectivity index is 2.50. The predicted molar refractivity (Wildman–Crippen MR) is 66.4 cm³/mol. The minimum Gasteiger partial charge on any atom is -0.498 e. The van der Waals surface area contributed by atoms with Gasteiger partial charge in [-0.15, -0.1) is 0 Å². The van der Waals surface area contributed by atoms with E-state index in [-0.39, 0.29) is 17.9 Å². The van der Waals surface area contributed by atoms with Crippen LogP contribution in [-0.2, 0) is 9.53 Å². The smallest absolute Gasteiger partial charge is 0.250 e. The second kappa shape index (κ2) is 5.54. The number of nitrogens with one attached hydrogen (secondary N) is 1. The summed E-state index contributed by atoms with van der Waals surface area (Å²) in [5.74, 6) is 0.587. The highest BCUT2D eigenvalue weighted by Crippen LogP contribution is 2.20. The van der Waals surface area contributed by atoms with Crippen LogP contribution < -0.4 is 5.32 Å². The predicted octanol–water partition coefficient (Wildman–Crippen LogP) is 1.59. The van der Waals surface area contributed by atoms with Crippen LogP contribution in [0.5, 0.6) is 0 Å². The topological polar surface area (TPSA) is 58.6 Å². The van der Waals surface area contributed by atoms with Gasteiger partial charge in [0.1, 0.15) is 5.76 Å². The van der Waals surface area contributed by atoms with E-state index in [9.17, 15) is 9.90 Å². The van der Waals surface area contributed by atoms with Crippen molar-refractivity contribution in [1.82, 2.24) is 5.32 Å². The second-order valence-electron chi connectivity index (χ2n) is 5.58. The molecule has 1 aliphatic heterocycles. The van der Waals surface area contributed by atoms with Crippen molar-refractivity contribution in [1.29, 1.82) is 0 Å². The second-order valence-corrected chi connectivity index (χ2v) is 5.58. The molecule has 0 radical (unpaired) electrons. The van der Waals surface area contributed by atoms with E-state index >= 15 is 0 Å². The molecule has 0 aromatic heterocycles. The maximum absolute atomic E-state index is 11.9. The minimum atomic E-state index is -0.545. The molecule has 1 unspecified atom stereocenters. The number of carbonyl (C=O) groups is 1. The summed E-state index contributed by atoms with van der Waals surface area (Å²) in [5.41, 5.74) is 0.483. The zero-order valence-electron chi connectivity index (χ0n) is 11.2. The van der Waals surface area contributed by atoms with Gasteiger partial charge in [-0.2, -0.15) is 0 Å². The lowest BCUT2D eigenvalue weighted by molar-refractivity contribution is -0.118. The van der Waals surface area contributed by atoms with E-state index in [1.165, 1.54) is 0 Å². The quantitative estimate of drug-likeness (QED) is 0.789. The van der Waals surface area contributed by atoms with Crippen LogP contribution in [0.4, 0.5) is 0 Å². The van der Waals surface area contributed by atoms with Gasteiger partial charge >= 0.3 is 0 Å². The fourth-order valence-electron chi connectivity index (χ4n) is 1.61. The van der Waals surface area contributed by atoms with Crippen molar-refractivity contribution in [3.8, 4) is 0 Å². The number of aliphatic hydroxyl groups excluding tert-OH is 1. The first kappa shape index (κ1) is 14.0. The number of allylic oxidation sites excluding steroid dienone is 1. The highest BCUT2D eigenvalue weighted by atomic mass is 16.5. The van der Waals surface area contributed by atoms with Crippen molar-refractivity contribution >= 4 is 5.91 Å². The zero-order chi connectivity index (χ0) is 13.1. The standard InChI is InChI=1S/C13H23NO3/c1-9-10(6-5-7-17-9)12(16)14-8-11(15)13(2,3)4/h11,15H,5-8H2,1-4H3,(H,14,16).